The molecule has 1 aromatic rings. The second-order valence-corrected chi connectivity index (χ2v) is 7.49. The number of ether oxygens (including phenoxy) is 3. The summed E-state index contributed by atoms with van der Waals surface area (Å²) in [6.07, 6.45) is 6.07. The Labute approximate surface area is 160 Å². The number of carbonyl (C=O) groups is 1. The summed E-state index contributed by atoms with van der Waals surface area (Å²) in [7, 11) is 1.62. The topological polar surface area (TPSA) is 60.0 Å². The number of hydrogen-bond donors (Lipinski definition) is 1. The van der Waals surface area contributed by atoms with Crippen molar-refractivity contribution in [3.8, 4) is 5.75 Å². The van der Waals surface area contributed by atoms with Gasteiger partial charge in [-0.15, -0.1) is 0 Å². The highest BCUT2D eigenvalue weighted by atomic mass is 16.5. The molecule has 2 fully saturated rings. The molecule has 1 aromatic carbocycles. The smallest absolute Gasteiger partial charge is 0.322 e. The first-order valence-electron chi connectivity index (χ1n) is 9.80. The molecule has 2 amide bonds. The minimum absolute atomic E-state index is 0.0527. The zero-order chi connectivity index (χ0) is 18.7. The third-order valence-electron chi connectivity index (χ3n) is 6.14. The zero-order valence-corrected chi connectivity index (χ0v) is 15.9. The first-order valence-corrected chi connectivity index (χ1v) is 9.80. The highest BCUT2D eigenvalue weighted by Crippen LogP contribution is 2.48. The minimum Gasteiger partial charge on any atom is -0.495 e. The molecule has 6 nitrogen and oxygen atoms in total. The van der Waals surface area contributed by atoms with Crippen LogP contribution in [-0.2, 0) is 9.47 Å². The van der Waals surface area contributed by atoms with Gasteiger partial charge in [0.05, 0.1) is 32.6 Å². The molecule has 0 aromatic heterocycles. The molecule has 0 unspecified atom stereocenters. The molecular weight excluding hydrogens is 344 g/mol. The Balaban J connectivity index is 1.59. The van der Waals surface area contributed by atoms with Gasteiger partial charge in [0, 0.05) is 24.6 Å². The van der Waals surface area contributed by atoms with Crippen LogP contribution in [0.5, 0.6) is 5.75 Å². The van der Waals surface area contributed by atoms with Crippen LogP contribution >= 0.6 is 0 Å². The maximum absolute atomic E-state index is 13.2. The summed E-state index contributed by atoms with van der Waals surface area (Å²) < 4.78 is 16.8. The molecule has 0 aliphatic carbocycles. The molecule has 0 bridgehead atoms. The van der Waals surface area contributed by atoms with Gasteiger partial charge < -0.3 is 24.4 Å². The van der Waals surface area contributed by atoms with Crippen molar-refractivity contribution in [1.29, 1.82) is 0 Å². The van der Waals surface area contributed by atoms with Gasteiger partial charge in [-0.2, -0.15) is 0 Å². The van der Waals surface area contributed by atoms with Crippen molar-refractivity contribution in [3.63, 3.8) is 0 Å². The van der Waals surface area contributed by atoms with Crippen LogP contribution in [0.1, 0.15) is 25.7 Å². The number of hydrogen-bond acceptors (Lipinski definition) is 4. The number of nitrogens with zero attached hydrogens (tertiary/aromatic N) is 1. The number of fused-ring (bicyclic) bond motifs is 1. The first-order chi connectivity index (χ1) is 13.2. The Bertz CT molecular complexity index is 716. The average molecular weight is 372 g/mol. The monoisotopic (exact) mass is 372 g/mol. The molecule has 3 heterocycles. The van der Waals surface area contributed by atoms with Gasteiger partial charge in [-0.1, -0.05) is 23.8 Å². The average Bonchev–Trinajstić information content (AvgIpc) is 2.74. The fraction of sp³-hybridized carbons (Fsp3) is 0.571. The highest BCUT2D eigenvalue weighted by molar-refractivity contribution is 5.91. The number of benzene rings is 1. The van der Waals surface area contributed by atoms with Crippen molar-refractivity contribution >= 4 is 11.7 Å². The van der Waals surface area contributed by atoms with Crippen LogP contribution in [0.15, 0.2) is 35.9 Å². The van der Waals surface area contributed by atoms with E-state index in [-0.39, 0.29) is 17.5 Å². The third-order valence-corrected chi connectivity index (χ3v) is 6.14. The van der Waals surface area contributed by atoms with E-state index < -0.39 is 0 Å². The number of likely N-dealkylation sites (tertiary alicyclic amines) is 1. The molecule has 27 heavy (non-hydrogen) atoms. The summed E-state index contributed by atoms with van der Waals surface area (Å²) in [5.74, 6) is 0.674. The number of nitrogens with one attached hydrogen (secondary N) is 1. The van der Waals surface area contributed by atoms with E-state index in [1.165, 1.54) is 5.57 Å². The van der Waals surface area contributed by atoms with Gasteiger partial charge in [-0.05, 0) is 37.8 Å². The lowest BCUT2D eigenvalue weighted by Crippen LogP contribution is -2.60. The van der Waals surface area contributed by atoms with Crippen molar-refractivity contribution in [2.45, 2.75) is 31.7 Å². The second kappa shape index (κ2) is 7.90. The van der Waals surface area contributed by atoms with Crippen LogP contribution in [0, 0.1) is 5.41 Å². The third kappa shape index (κ3) is 3.44. The van der Waals surface area contributed by atoms with Gasteiger partial charge in [0.2, 0.25) is 0 Å². The van der Waals surface area contributed by atoms with Crippen LogP contribution in [0.4, 0.5) is 10.5 Å². The molecule has 0 radical (unpaired) electrons. The summed E-state index contributed by atoms with van der Waals surface area (Å²) in [6.45, 7) is 3.60. The van der Waals surface area contributed by atoms with Gasteiger partial charge in [-0.3, -0.25) is 0 Å². The molecule has 6 heteroatoms. The van der Waals surface area contributed by atoms with E-state index in [9.17, 15) is 4.79 Å². The number of anilines is 1. The predicted octanol–water partition coefficient (Wildman–Crippen LogP) is 3.44. The number of urea groups is 1. The molecule has 4 rings (SSSR count). The molecule has 3 aliphatic rings. The maximum Gasteiger partial charge on any atom is 0.322 e. The molecule has 0 spiro atoms. The predicted molar refractivity (Wildman–Crippen MR) is 103 cm³/mol. The number of amides is 2. The molecule has 146 valence electrons. The fourth-order valence-corrected chi connectivity index (χ4v) is 4.86. The van der Waals surface area contributed by atoms with Gasteiger partial charge in [0.25, 0.3) is 0 Å². The number of para-hydroxylation sites is 2. The quantitative estimate of drug-likeness (QED) is 0.826. The lowest BCUT2D eigenvalue weighted by Gasteiger charge is -2.53. The number of carbonyl (C=O) groups excluding carboxylic acids is 1. The van der Waals surface area contributed by atoms with Crippen LogP contribution in [0.25, 0.3) is 0 Å². The van der Waals surface area contributed by atoms with Crippen LogP contribution < -0.4 is 10.1 Å². The Morgan fingerprint density at radius 2 is 2.19 bits per heavy atom. The standard InChI is InChI=1S/C21H28N2O4/c1-25-18-6-3-2-5-17(18)22-20(24)23-11-4-10-21(15-27-14-9-19(21)23)16-7-12-26-13-8-16/h2-3,5-7,19H,4,8-15H2,1H3,(H,22,24)/t19-,21-/m1/s1. The number of methoxy groups -OCH3 is 1. The Morgan fingerprint density at radius 3 is 3.00 bits per heavy atom. The van der Waals surface area contributed by atoms with E-state index in [0.29, 0.717) is 31.3 Å². The fourth-order valence-electron chi connectivity index (χ4n) is 4.86. The molecule has 0 saturated carbocycles. The second-order valence-electron chi connectivity index (χ2n) is 7.49. The van der Waals surface area contributed by atoms with E-state index in [1.54, 1.807) is 7.11 Å². The Kier molecular flexibility index (Phi) is 5.36. The zero-order valence-electron chi connectivity index (χ0n) is 15.9. The Hall–Kier alpha value is -2.05. The largest absolute Gasteiger partial charge is 0.495 e. The lowest BCUT2D eigenvalue weighted by molar-refractivity contribution is -0.0691. The normalized spacial score (nSPS) is 28.1. The van der Waals surface area contributed by atoms with Crippen LogP contribution in [0.2, 0.25) is 0 Å². The minimum atomic E-state index is -0.0710. The van der Waals surface area contributed by atoms with E-state index in [1.807, 2.05) is 29.2 Å². The van der Waals surface area contributed by atoms with Crippen molar-refractivity contribution in [2.24, 2.45) is 5.41 Å². The summed E-state index contributed by atoms with van der Waals surface area (Å²) in [4.78, 5) is 15.2. The molecule has 3 aliphatic heterocycles. The maximum atomic E-state index is 13.2. The van der Waals surface area contributed by atoms with Crippen molar-refractivity contribution < 1.29 is 19.0 Å². The highest BCUT2D eigenvalue weighted by Gasteiger charge is 2.50. The molecular formula is C21H28N2O4. The lowest BCUT2D eigenvalue weighted by atomic mass is 9.65. The summed E-state index contributed by atoms with van der Waals surface area (Å²) in [6, 6.07) is 7.65. The molecule has 1 N–H and O–H groups in total. The van der Waals surface area contributed by atoms with Gasteiger partial charge in [0.15, 0.2) is 0 Å². The van der Waals surface area contributed by atoms with Crippen LogP contribution in [0.3, 0.4) is 0 Å². The SMILES string of the molecule is COc1ccccc1NC(=O)N1CCC[C@]2(C3=CCOCC3)COCC[C@@H]12. The van der Waals surface area contributed by atoms with E-state index in [0.717, 1.165) is 38.8 Å². The van der Waals surface area contributed by atoms with E-state index in [2.05, 4.69) is 11.4 Å². The van der Waals surface area contributed by atoms with Crippen LogP contribution in [-0.4, -0.2) is 57.1 Å². The van der Waals surface area contributed by atoms with Gasteiger partial charge >= 0.3 is 6.03 Å². The Morgan fingerprint density at radius 1 is 1.30 bits per heavy atom. The summed E-state index contributed by atoms with van der Waals surface area (Å²) in [5.41, 5.74) is 2.05. The van der Waals surface area contributed by atoms with Gasteiger partial charge in [-0.25, -0.2) is 4.79 Å². The van der Waals surface area contributed by atoms with E-state index in [4.69, 9.17) is 14.2 Å². The van der Waals surface area contributed by atoms with Gasteiger partial charge in [0.1, 0.15) is 5.75 Å². The molecule has 2 atom stereocenters. The van der Waals surface area contributed by atoms with Crippen molar-refractivity contribution in [2.75, 3.05) is 45.4 Å². The van der Waals surface area contributed by atoms with E-state index >= 15 is 0 Å². The van der Waals surface area contributed by atoms with Crippen molar-refractivity contribution in [3.05, 3.63) is 35.9 Å². The number of rotatable bonds is 3. The van der Waals surface area contributed by atoms with Crippen molar-refractivity contribution in [1.82, 2.24) is 4.90 Å². The first kappa shape index (κ1) is 18.3. The summed E-state index contributed by atoms with van der Waals surface area (Å²) >= 11 is 0. The summed E-state index contributed by atoms with van der Waals surface area (Å²) in [5, 5.41) is 3.06. The molecule has 2 saturated heterocycles. The number of piperidine rings is 1.